The van der Waals surface area contributed by atoms with E-state index in [1.54, 1.807) is 0 Å². The van der Waals surface area contributed by atoms with E-state index >= 15 is 0 Å². The standard InChI is InChI=1S/CH5NO5S2/c1-7-2(8(3)4)9(5)6/h1H3,(H,3,4)(H,5,6). The summed E-state index contributed by atoms with van der Waals surface area (Å²) in [6.07, 6.45) is 0. The van der Waals surface area contributed by atoms with Crippen molar-refractivity contribution in [2.45, 2.75) is 0 Å². The molecule has 0 aliphatic rings. The van der Waals surface area contributed by atoms with Gasteiger partial charge < -0.3 is 0 Å². The Morgan fingerprint density at radius 1 is 1.33 bits per heavy atom. The van der Waals surface area contributed by atoms with Crippen molar-refractivity contribution >= 4 is 22.5 Å². The molecule has 0 aromatic rings. The van der Waals surface area contributed by atoms with E-state index < -0.39 is 22.5 Å². The van der Waals surface area contributed by atoms with E-state index in [0.29, 0.717) is 0 Å². The van der Waals surface area contributed by atoms with Gasteiger partial charge in [0.1, 0.15) is 0 Å². The maximum absolute atomic E-state index is 9.93. The summed E-state index contributed by atoms with van der Waals surface area (Å²) in [4.78, 5) is 4.01. The Labute approximate surface area is 56.6 Å². The van der Waals surface area contributed by atoms with Gasteiger partial charge in [0.25, 0.3) is 22.5 Å². The number of hydrogen-bond donors (Lipinski definition) is 2. The highest BCUT2D eigenvalue weighted by atomic mass is 32.3. The molecule has 0 bridgehead atoms. The molecule has 0 radical (unpaired) electrons. The van der Waals surface area contributed by atoms with Gasteiger partial charge in [-0.2, -0.15) is 0 Å². The van der Waals surface area contributed by atoms with Crippen LogP contribution in [0.1, 0.15) is 0 Å². The van der Waals surface area contributed by atoms with Gasteiger partial charge in [-0.15, -0.1) is 0 Å². The second-order valence-corrected chi connectivity index (χ2v) is 2.68. The van der Waals surface area contributed by atoms with Crippen molar-refractivity contribution in [1.29, 1.82) is 0 Å². The van der Waals surface area contributed by atoms with Crippen LogP contribution < -0.4 is 0 Å². The summed E-state index contributed by atoms with van der Waals surface area (Å²) in [5, 5.41) is 0. The zero-order chi connectivity index (χ0) is 7.44. The predicted octanol–water partition coefficient (Wildman–Crippen LogP) is -0.877. The molecule has 2 atom stereocenters. The van der Waals surface area contributed by atoms with Crippen molar-refractivity contribution in [3.8, 4) is 0 Å². The average molecular weight is 175 g/mol. The van der Waals surface area contributed by atoms with Gasteiger partial charge in [0.05, 0.1) is 7.11 Å². The van der Waals surface area contributed by atoms with Crippen LogP contribution in [0.5, 0.6) is 0 Å². The van der Waals surface area contributed by atoms with Gasteiger partial charge in [-0.05, 0) is 0 Å². The normalized spacial score (nSPS) is 17.8. The Morgan fingerprint density at radius 2 is 1.67 bits per heavy atom. The van der Waals surface area contributed by atoms with Crippen LogP contribution in [0.15, 0.2) is 0 Å². The molecule has 0 aliphatic heterocycles. The molecule has 8 heteroatoms. The van der Waals surface area contributed by atoms with E-state index in [2.05, 4.69) is 4.84 Å². The maximum atomic E-state index is 9.93. The van der Waals surface area contributed by atoms with E-state index in [4.69, 9.17) is 9.11 Å². The van der Waals surface area contributed by atoms with Crippen molar-refractivity contribution in [3.05, 3.63) is 0 Å². The lowest BCUT2D eigenvalue weighted by molar-refractivity contribution is 0.0265. The first-order valence-electron chi connectivity index (χ1n) is 1.65. The van der Waals surface area contributed by atoms with Gasteiger partial charge >= 0.3 is 0 Å². The van der Waals surface area contributed by atoms with Gasteiger partial charge in [-0.1, -0.05) is 0 Å². The van der Waals surface area contributed by atoms with Crippen molar-refractivity contribution < 1.29 is 22.4 Å². The zero-order valence-corrected chi connectivity index (χ0v) is 6.02. The third-order valence-corrected chi connectivity index (χ3v) is 1.98. The van der Waals surface area contributed by atoms with Gasteiger partial charge in [-0.25, -0.2) is 8.42 Å². The average Bonchev–Trinajstić information content (AvgIpc) is 1.64. The SMILES string of the molecule is CON(S(=O)O)S(=O)O. The summed E-state index contributed by atoms with van der Waals surface area (Å²) in [5.74, 6) is 0. The molecular formula is CH5NO5S2. The number of nitrogens with zero attached hydrogens (tertiary/aromatic N) is 1. The largest absolute Gasteiger partial charge is 0.291 e. The fraction of sp³-hybridized carbons (Fsp3) is 1.00. The smallest absolute Gasteiger partial charge is 0.274 e. The fourth-order valence-corrected chi connectivity index (χ4v) is 0.873. The molecule has 56 valence electrons. The first-order valence-corrected chi connectivity index (χ1v) is 3.78. The van der Waals surface area contributed by atoms with Crippen LogP contribution in [0.2, 0.25) is 0 Å². The fourth-order valence-electron chi connectivity index (χ4n) is 0.182. The molecule has 0 aliphatic carbocycles. The van der Waals surface area contributed by atoms with E-state index in [0.717, 1.165) is 7.11 Å². The highest BCUT2D eigenvalue weighted by Gasteiger charge is 2.15. The Kier molecular flexibility index (Phi) is 4.10. The first kappa shape index (κ1) is 9.14. The molecule has 0 spiro atoms. The van der Waals surface area contributed by atoms with Crippen LogP contribution >= 0.6 is 0 Å². The summed E-state index contributed by atoms with van der Waals surface area (Å²) in [5.41, 5.74) is 0. The molecule has 0 saturated carbocycles. The lowest BCUT2D eigenvalue weighted by atomic mass is 11.7. The third-order valence-electron chi connectivity index (χ3n) is 0.404. The summed E-state index contributed by atoms with van der Waals surface area (Å²) in [6.45, 7) is 0. The molecule has 2 N–H and O–H groups in total. The van der Waals surface area contributed by atoms with Crippen LogP contribution in [0.3, 0.4) is 0 Å². The highest BCUT2D eigenvalue weighted by molar-refractivity contribution is 7.92. The molecule has 0 aromatic heterocycles. The van der Waals surface area contributed by atoms with E-state index in [1.807, 2.05) is 0 Å². The molecule has 0 rings (SSSR count). The Morgan fingerprint density at radius 3 is 1.67 bits per heavy atom. The maximum Gasteiger partial charge on any atom is 0.274 e. The summed E-state index contributed by atoms with van der Waals surface area (Å²) >= 11 is -5.15. The summed E-state index contributed by atoms with van der Waals surface area (Å²) < 4.78 is 36.1. The molecule has 6 nitrogen and oxygen atoms in total. The minimum atomic E-state index is -2.57. The quantitative estimate of drug-likeness (QED) is 0.430. The Balaban J connectivity index is 3.99. The van der Waals surface area contributed by atoms with Gasteiger partial charge in [0.15, 0.2) is 0 Å². The lowest BCUT2D eigenvalue weighted by Crippen LogP contribution is -2.25. The molecule has 0 amide bonds. The Bertz CT molecular complexity index is 121. The predicted molar refractivity (Wildman–Crippen MR) is 30.4 cm³/mol. The minimum absolute atomic E-state index is 0.0139. The topological polar surface area (TPSA) is 87.1 Å². The van der Waals surface area contributed by atoms with Crippen molar-refractivity contribution in [1.82, 2.24) is 3.87 Å². The number of rotatable bonds is 3. The van der Waals surface area contributed by atoms with Gasteiger partial charge in [0, 0.05) is 3.87 Å². The van der Waals surface area contributed by atoms with Crippen LogP contribution in [0.4, 0.5) is 0 Å². The molecule has 0 saturated heterocycles. The molecule has 2 unspecified atom stereocenters. The molecular weight excluding hydrogens is 170 g/mol. The minimum Gasteiger partial charge on any atom is -0.291 e. The van der Waals surface area contributed by atoms with Gasteiger partial charge in [0.2, 0.25) is 0 Å². The van der Waals surface area contributed by atoms with Crippen molar-refractivity contribution in [3.63, 3.8) is 0 Å². The van der Waals surface area contributed by atoms with Crippen LogP contribution in [-0.4, -0.2) is 28.5 Å². The van der Waals surface area contributed by atoms with Crippen LogP contribution in [0.25, 0.3) is 0 Å². The first-order chi connectivity index (χ1) is 4.09. The van der Waals surface area contributed by atoms with E-state index in [9.17, 15) is 8.42 Å². The monoisotopic (exact) mass is 175 g/mol. The van der Waals surface area contributed by atoms with E-state index in [1.165, 1.54) is 0 Å². The molecule has 0 fully saturated rings. The lowest BCUT2D eigenvalue weighted by Gasteiger charge is -2.06. The van der Waals surface area contributed by atoms with Crippen LogP contribution in [0, 0.1) is 0 Å². The highest BCUT2D eigenvalue weighted by Crippen LogP contribution is 1.93. The van der Waals surface area contributed by atoms with Gasteiger partial charge in [-0.3, -0.25) is 13.9 Å². The molecule has 9 heavy (non-hydrogen) atoms. The van der Waals surface area contributed by atoms with Crippen molar-refractivity contribution in [2.75, 3.05) is 7.11 Å². The second kappa shape index (κ2) is 4.04. The van der Waals surface area contributed by atoms with Crippen molar-refractivity contribution in [2.24, 2.45) is 0 Å². The second-order valence-electron chi connectivity index (χ2n) is 0.868. The zero-order valence-electron chi connectivity index (χ0n) is 4.38. The summed E-state index contributed by atoms with van der Waals surface area (Å²) in [7, 11) is 1.00. The summed E-state index contributed by atoms with van der Waals surface area (Å²) in [6, 6.07) is 0. The van der Waals surface area contributed by atoms with Crippen LogP contribution in [-0.2, 0) is 27.4 Å². The van der Waals surface area contributed by atoms with E-state index in [-0.39, 0.29) is 3.87 Å². The Hall–Kier alpha value is 0.140. The molecule has 0 aromatic carbocycles. The molecule has 0 heterocycles. The third kappa shape index (κ3) is 2.98. The number of hydrogen-bond acceptors (Lipinski definition) is 3.